The van der Waals surface area contributed by atoms with E-state index in [2.05, 4.69) is 10.6 Å². The van der Waals surface area contributed by atoms with E-state index >= 15 is 0 Å². The Morgan fingerprint density at radius 3 is 2.50 bits per heavy atom. The lowest BCUT2D eigenvalue weighted by atomic mass is 9.95. The van der Waals surface area contributed by atoms with Crippen LogP contribution >= 0.6 is 11.3 Å². The van der Waals surface area contributed by atoms with Crippen molar-refractivity contribution in [2.45, 2.75) is 19.6 Å². The topological polar surface area (TPSA) is 85.2 Å². The van der Waals surface area contributed by atoms with Crippen LogP contribution in [-0.2, 0) is 16.1 Å². The minimum Gasteiger partial charge on any atom is -0.457 e. The maximum atomic E-state index is 13.3. The largest absolute Gasteiger partial charge is 0.457 e. The smallest absolute Gasteiger partial charge is 0.338 e. The first kappa shape index (κ1) is 21.7. The summed E-state index contributed by atoms with van der Waals surface area (Å²) in [6, 6.07) is 22.0. The van der Waals surface area contributed by atoms with Crippen LogP contribution in [0, 0.1) is 0 Å². The maximum absolute atomic E-state index is 13.3. The van der Waals surface area contributed by atoms with E-state index in [1.807, 2.05) is 84.4 Å². The molecular formula is C26H22N4O3S. The van der Waals surface area contributed by atoms with Gasteiger partial charge in [-0.15, -0.1) is 11.3 Å². The number of rotatable bonds is 6. The zero-order valence-corrected chi connectivity index (χ0v) is 19.2. The highest BCUT2D eigenvalue weighted by molar-refractivity contribution is 7.13. The Balaban J connectivity index is 1.55. The van der Waals surface area contributed by atoms with Gasteiger partial charge in [-0.2, -0.15) is 5.10 Å². The van der Waals surface area contributed by atoms with Gasteiger partial charge in [-0.3, -0.25) is 0 Å². The molecule has 0 radical (unpaired) electrons. The van der Waals surface area contributed by atoms with E-state index in [0.717, 1.165) is 16.1 Å². The van der Waals surface area contributed by atoms with E-state index in [0.29, 0.717) is 22.5 Å². The van der Waals surface area contributed by atoms with Gasteiger partial charge in [0.25, 0.3) is 0 Å². The third-order valence-corrected chi connectivity index (χ3v) is 6.41. The molecule has 170 valence electrons. The van der Waals surface area contributed by atoms with E-state index in [4.69, 9.17) is 9.84 Å². The van der Waals surface area contributed by atoms with Crippen molar-refractivity contribution in [3.63, 3.8) is 0 Å². The molecule has 34 heavy (non-hydrogen) atoms. The molecule has 1 aliphatic heterocycles. The first-order valence-electron chi connectivity index (χ1n) is 10.8. The number of carbonyl (C=O) groups is 2. The predicted molar refractivity (Wildman–Crippen MR) is 130 cm³/mol. The highest BCUT2D eigenvalue weighted by Crippen LogP contribution is 2.36. The Kier molecular flexibility index (Phi) is 5.97. The monoisotopic (exact) mass is 470 g/mol. The molecule has 3 heterocycles. The summed E-state index contributed by atoms with van der Waals surface area (Å²) in [7, 11) is 0. The summed E-state index contributed by atoms with van der Waals surface area (Å²) in [5, 5.41) is 12.4. The molecule has 0 saturated carbocycles. The summed E-state index contributed by atoms with van der Waals surface area (Å²) in [6.07, 6.45) is 1.86. The van der Waals surface area contributed by atoms with Gasteiger partial charge in [0.1, 0.15) is 12.3 Å². The number of nitrogens with zero attached hydrogens (tertiary/aromatic N) is 2. The fourth-order valence-corrected chi connectivity index (χ4v) is 4.65. The molecule has 2 aromatic heterocycles. The van der Waals surface area contributed by atoms with Crippen LogP contribution in [0.1, 0.15) is 24.1 Å². The number of para-hydroxylation sites is 1. The van der Waals surface area contributed by atoms with E-state index in [1.54, 1.807) is 22.9 Å². The maximum Gasteiger partial charge on any atom is 0.338 e. The molecule has 2 amide bonds. The molecule has 0 bridgehead atoms. The number of ether oxygens (including phenoxy) is 1. The average molecular weight is 471 g/mol. The van der Waals surface area contributed by atoms with Gasteiger partial charge < -0.3 is 15.4 Å². The minimum absolute atomic E-state index is 0.137. The first-order chi connectivity index (χ1) is 16.6. The molecule has 1 atom stereocenters. The van der Waals surface area contributed by atoms with Crippen LogP contribution in [0.5, 0.6) is 0 Å². The van der Waals surface area contributed by atoms with Crippen molar-refractivity contribution in [1.82, 2.24) is 20.4 Å². The highest BCUT2D eigenvalue weighted by Gasteiger charge is 2.35. The number of esters is 1. The molecule has 0 spiro atoms. The number of nitrogens with one attached hydrogen (secondary N) is 2. The Bertz CT molecular complexity index is 1350. The second kappa shape index (κ2) is 9.36. The molecule has 0 fully saturated rings. The number of hydrogen-bond acceptors (Lipinski definition) is 5. The normalized spacial score (nSPS) is 15.6. The van der Waals surface area contributed by atoms with E-state index in [1.165, 1.54) is 0 Å². The predicted octanol–water partition coefficient (Wildman–Crippen LogP) is 4.97. The van der Waals surface area contributed by atoms with Gasteiger partial charge in [0, 0.05) is 17.5 Å². The Morgan fingerprint density at radius 2 is 1.79 bits per heavy atom. The summed E-state index contributed by atoms with van der Waals surface area (Å²) in [5.41, 5.74) is 3.98. The van der Waals surface area contributed by atoms with Crippen LogP contribution in [0.25, 0.3) is 16.3 Å². The van der Waals surface area contributed by atoms with Gasteiger partial charge in [0.2, 0.25) is 0 Å². The second-order valence-electron chi connectivity index (χ2n) is 7.82. The molecule has 7 nitrogen and oxygen atoms in total. The first-order valence-corrected chi connectivity index (χ1v) is 11.7. The van der Waals surface area contributed by atoms with Gasteiger partial charge in [-0.25, -0.2) is 14.3 Å². The zero-order valence-electron chi connectivity index (χ0n) is 18.4. The van der Waals surface area contributed by atoms with Crippen LogP contribution in [0.2, 0.25) is 0 Å². The van der Waals surface area contributed by atoms with Crippen LogP contribution in [0.3, 0.4) is 0 Å². The molecule has 2 aromatic carbocycles. The van der Waals surface area contributed by atoms with Crippen LogP contribution in [0.15, 0.2) is 95.6 Å². The second-order valence-corrected chi connectivity index (χ2v) is 8.77. The Hall–Kier alpha value is -4.17. The summed E-state index contributed by atoms with van der Waals surface area (Å²) >= 11 is 1.55. The molecule has 0 aliphatic carbocycles. The number of urea groups is 1. The number of benzene rings is 2. The van der Waals surface area contributed by atoms with Crippen LogP contribution in [0.4, 0.5) is 4.79 Å². The lowest BCUT2D eigenvalue weighted by Crippen LogP contribution is -2.45. The van der Waals surface area contributed by atoms with E-state index in [-0.39, 0.29) is 12.6 Å². The van der Waals surface area contributed by atoms with Crippen LogP contribution < -0.4 is 10.6 Å². The third-order valence-electron chi connectivity index (χ3n) is 5.53. The quantitative estimate of drug-likeness (QED) is 0.390. The van der Waals surface area contributed by atoms with Crippen LogP contribution in [-0.4, -0.2) is 21.8 Å². The average Bonchev–Trinajstić information content (AvgIpc) is 3.53. The standard InChI is InChI=1S/C26H22N4O3S/c1-17-22(25(31)33-16-18-9-4-2-5-10-18)24(28-26(32)27-17)20-15-30(19-11-6-3-7-12-19)29-23(20)21-13-8-14-34-21/h2-15,24H,16H2,1H3,(H2,27,28,32)/t24-/m0/s1. The summed E-state index contributed by atoms with van der Waals surface area (Å²) in [4.78, 5) is 26.6. The van der Waals surface area contributed by atoms with Crippen molar-refractivity contribution in [3.8, 4) is 16.3 Å². The van der Waals surface area contributed by atoms with Crippen molar-refractivity contribution in [1.29, 1.82) is 0 Å². The van der Waals surface area contributed by atoms with Gasteiger partial charge in [-0.1, -0.05) is 54.6 Å². The Morgan fingerprint density at radius 1 is 1.06 bits per heavy atom. The number of allylic oxidation sites excluding steroid dienone is 1. The number of thiophene rings is 1. The van der Waals surface area contributed by atoms with Crippen molar-refractivity contribution in [2.24, 2.45) is 0 Å². The summed E-state index contributed by atoms with van der Waals surface area (Å²) < 4.78 is 7.40. The molecule has 1 aliphatic rings. The SMILES string of the molecule is CC1=C(C(=O)OCc2ccccc2)[C@H](c2cn(-c3ccccc3)nc2-c2cccs2)NC(=O)N1. The summed E-state index contributed by atoms with van der Waals surface area (Å²) in [5.74, 6) is -0.497. The fourth-order valence-electron chi connectivity index (χ4n) is 3.91. The Labute approximate surface area is 200 Å². The zero-order chi connectivity index (χ0) is 23.5. The third kappa shape index (κ3) is 4.35. The molecule has 0 saturated heterocycles. The molecule has 0 unspecified atom stereocenters. The lowest BCUT2D eigenvalue weighted by Gasteiger charge is -2.27. The van der Waals surface area contributed by atoms with Crippen molar-refractivity contribution in [3.05, 3.63) is 107 Å². The van der Waals surface area contributed by atoms with Gasteiger partial charge in [0.05, 0.1) is 22.2 Å². The van der Waals surface area contributed by atoms with Crippen molar-refractivity contribution in [2.75, 3.05) is 0 Å². The van der Waals surface area contributed by atoms with Gasteiger partial charge in [0.15, 0.2) is 0 Å². The van der Waals surface area contributed by atoms with Gasteiger partial charge >= 0.3 is 12.0 Å². The van der Waals surface area contributed by atoms with Crippen molar-refractivity contribution < 1.29 is 14.3 Å². The van der Waals surface area contributed by atoms with Crippen molar-refractivity contribution >= 4 is 23.3 Å². The molecule has 2 N–H and O–H groups in total. The highest BCUT2D eigenvalue weighted by atomic mass is 32.1. The molecule has 5 rings (SSSR count). The molecular weight excluding hydrogens is 448 g/mol. The number of carbonyl (C=O) groups excluding carboxylic acids is 2. The van der Waals surface area contributed by atoms with E-state index in [9.17, 15) is 9.59 Å². The van der Waals surface area contributed by atoms with Gasteiger partial charge in [-0.05, 0) is 36.1 Å². The molecule has 4 aromatic rings. The molecule has 8 heteroatoms. The summed E-state index contributed by atoms with van der Waals surface area (Å²) in [6.45, 7) is 1.84. The lowest BCUT2D eigenvalue weighted by molar-refractivity contribution is -0.140. The number of amides is 2. The van der Waals surface area contributed by atoms with E-state index < -0.39 is 12.0 Å². The minimum atomic E-state index is -0.716. The number of hydrogen-bond donors (Lipinski definition) is 2. The number of aromatic nitrogens is 2. The fraction of sp³-hybridized carbons (Fsp3) is 0.115.